The zero-order valence-corrected chi connectivity index (χ0v) is 21.4. The number of benzene rings is 1. The number of Topliss-reactive ketones (excluding diaryl/α,β-unsaturated/α-hetero) is 1. The quantitative estimate of drug-likeness (QED) is 0.480. The van der Waals surface area contributed by atoms with E-state index in [4.69, 9.17) is 0 Å². The van der Waals surface area contributed by atoms with Crippen molar-refractivity contribution in [1.29, 1.82) is 0 Å². The highest BCUT2D eigenvalue weighted by Gasteiger charge is 2.68. The van der Waals surface area contributed by atoms with E-state index in [1.165, 1.54) is 12.1 Å². The molecule has 1 spiro atoms. The van der Waals surface area contributed by atoms with Gasteiger partial charge in [-0.05, 0) is 42.4 Å². The lowest BCUT2D eigenvalue weighted by Gasteiger charge is -2.34. The van der Waals surface area contributed by atoms with E-state index >= 15 is 0 Å². The second kappa shape index (κ2) is 8.39. The van der Waals surface area contributed by atoms with Crippen molar-refractivity contribution in [1.82, 2.24) is 4.90 Å². The van der Waals surface area contributed by atoms with Crippen LogP contribution in [0.15, 0.2) is 47.6 Å². The second-order valence-corrected chi connectivity index (χ2v) is 11.5. The minimum atomic E-state index is -4.42. The molecule has 1 aromatic carbocycles. The van der Waals surface area contributed by atoms with Crippen LogP contribution in [0.25, 0.3) is 0 Å². The SMILES string of the molecule is CCN(CC)C(=O)[C@H]1[C@H](c2ccc(C(F)(F)F)cc2)C12C=C(C(C)(C)C)C(=O)C(C(C)(C)C)=C2. The number of alkyl halides is 3. The minimum Gasteiger partial charge on any atom is -0.343 e. The van der Waals surface area contributed by atoms with E-state index in [2.05, 4.69) is 0 Å². The van der Waals surface area contributed by atoms with E-state index < -0.39 is 33.9 Å². The third-order valence-electron chi connectivity index (χ3n) is 7.13. The number of allylic oxidation sites excluding steroid dienone is 4. The van der Waals surface area contributed by atoms with Gasteiger partial charge in [-0.2, -0.15) is 13.2 Å². The van der Waals surface area contributed by atoms with Gasteiger partial charge >= 0.3 is 6.18 Å². The van der Waals surface area contributed by atoms with Crippen LogP contribution in [-0.4, -0.2) is 29.7 Å². The van der Waals surface area contributed by atoms with Crippen molar-refractivity contribution in [2.45, 2.75) is 67.5 Å². The number of nitrogens with zero attached hydrogens (tertiary/aromatic N) is 1. The maximum absolute atomic E-state index is 13.6. The summed E-state index contributed by atoms with van der Waals surface area (Å²) >= 11 is 0. The lowest BCUT2D eigenvalue weighted by atomic mass is 9.69. The third-order valence-corrected chi connectivity index (χ3v) is 7.13. The minimum absolute atomic E-state index is 0.0160. The lowest BCUT2D eigenvalue weighted by Crippen LogP contribution is -2.35. The Hall–Kier alpha value is -2.37. The summed E-state index contributed by atoms with van der Waals surface area (Å²) in [5.41, 5.74) is -0.331. The number of amides is 1. The van der Waals surface area contributed by atoms with E-state index in [9.17, 15) is 22.8 Å². The van der Waals surface area contributed by atoms with Crippen LogP contribution in [0, 0.1) is 22.2 Å². The molecule has 0 unspecified atom stereocenters. The van der Waals surface area contributed by atoms with Crippen LogP contribution in [0.3, 0.4) is 0 Å². The number of halogens is 3. The van der Waals surface area contributed by atoms with E-state index in [0.29, 0.717) is 29.8 Å². The van der Waals surface area contributed by atoms with Crippen LogP contribution in [0.2, 0.25) is 0 Å². The summed E-state index contributed by atoms with van der Waals surface area (Å²) in [6.45, 7) is 16.8. The fraction of sp³-hybridized carbons (Fsp3) is 0.571. The summed E-state index contributed by atoms with van der Waals surface area (Å²) in [6.07, 6.45) is -0.538. The standard InChI is InChI=1S/C28H36F3NO2/c1-9-32(10-2)24(34)22-21(17-11-13-18(14-12-17)28(29,30)31)27(22)15-19(25(3,4)5)23(33)20(16-27)26(6,7)8/h11-16,21-22H,9-10H2,1-8H3/t21-,22+/m0/s1. The normalized spacial score (nSPS) is 22.4. The Morgan fingerprint density at radius 3 is 1.68 bits per heavy atom. The van der Waals surface area contributed by atoms with Gasteiger partial charge in [-0.15, -0.1) is 0 Å². The molecule has 3 nitrogen and oxygen atoms in total. The van der Waals surface area contributed by atoms with Gasteiger partial charge in [0, 0.05) is 35.6 Å². The fourth-order valence-electron chi connectivity index (χ4n) is 5.17. The maximum atomic E-state index is 13.6. The summed E-state index contributed by atoms with van der Waals surface area (Å²) in [6, 6.07) is 5.13. The van der Waals surface area contributed by atoms with Crippen molar-refractivity contribution in [2.24, 2.45) is 22.2 Å². The molecule has 1 fully saturated rings. The first kappa shape index (κ1) is 26.2. The predicted molar refractivity (Wildman–Crippen MR) is 128 cm³/mol. The Kier molecular flexibility index (Phi) is 6.47. The number of carbonyl (C=O) groups excluding carboxylic acids is 2. The molecule has 1 amide bonds. The van der Waals surface area contributed by atoms with Gasteiger partial charge in [0.25, 0.3) is 0 Å². The molecule has 1 aromatic rings. The number of hydrogen-bond donors (Lipinski definition) is 0. The maximum Gasteiger partial charge on any atom is 0.416 e. The Bertz CT molecular complexity index is 995. The molecular formula is C28H36F3NO2. The molecular weight excluding hydrogens is 439 g/mol. The van der Waals surface area contributed by atoms with E-state index in [-0.39, 0.29) is 17.6 Å². The molecule has 3 rings (SSSR count). The van der Waals surface area contributed by atoms with Gasteiger partial charge in [0.05, 0.1) is 11.5 Å². The Labute approximate surface area is 201 Å². The van der Waals surface area contributed by atoms with Crippen LogP contribution in [-0.2, 0) is 15.8 Å². The van der Waals surface area contributed by atoms with E-state index in [1.807, 2.05) is 67.5 Å². The first-order valence-electron chi connectivity index (χ1n) is 12.0. The van der Waals surface area contributed by atoms with Gasteiger partial charge in [0.1, 0.15) is 0 Å². The zero-order valence-electron chi connectivity index (χ0n) is 21.4. The Morgan fingerprint density at radius 1 is 0.882 bits per heavy atom. The lowest BCUT2D eigenvalue weighted by molar-refractivity contribution is -0.137. The monoisotopic (exact) mass is 475 g/mol. The number of ketones is 1. The van der Waals surface area contributed by atoms with Gasteiger partial charge in [-0.1, -0.05) is 65.8 Å². The Morgan fingerprint density at radius 2 is 1.32 bits per heavy atom. The molecule has 2 aliphatic carbocycles. The van der Waals surface area contributed by atoms with Crippen LogP contribution >= 0.6 is 0 Å². The smallest absolute Gasteiger partial charge is 0.343 e. The molecule has 0 N–H and O–H groups in total. The average Bonchev–Trinajstić information content (AvgIpc) is 3.35. The van der Waals surface area contributed by atoms with Crippen LogP contribution in [0.4, 0.5) is 13.2 Å². The van der Waals surface area contributed by atoms with Crippen molar-refractivity contribution in [3.63, 3.8) is 0 Å². The number of rotatable bonds is 4. The molecule has 0 heterocycles. The molecule has 2 aliphatic rings. The molecule has 2 atom stereocenters. The van der Waals surface area contributed by atoms with Gasteiger partial charge in [-0.25, -0.2) is 0 Å². The largest absolute Gasteiger partial charge is 0.416 e. The van der Waals surface area contributed by atoms with Crippen LogP contribution < -0.4 is 0 Å². The van der Waals surface area contributed by atoms with Crippen molar-refractivity contribution in [3.05, 3.63) is 58.7 Å². The number of hydrogen-bond acceptors (Lipinski definition) is 2. The summed E-state index contributed by atoms with van der Waals surface area (Å²) < 4.78 is 39.5. The highest BCUT2D eigenvalue weighted by atomic mass is 19.4. The van der Waals surface area contributed by atoms with Gasteiger partial charge in [0.2, 0.25) is 5.91 Å². The summed E-state index contributed by atoms with van der Waals surface area (Å²) in [5.74, 6) is -0.839. The van der Waals surface area contributed by atoms with Gasteiger partial charge in [0.15, 0.2) is 5.78 Å². The van der Waals surface area contributed by atoms with Crippen molar-refractivity contribution < 1.29 is 22.8 Å². The molecule has 0 aliphatic heterocycles. The highest BCUT2D eigenvalue weighted by molar-refractivity contribution is 6.11. The van der Waals surface area contributed by atoms with Crippen molar-refractivity contribution in [3.8, 4) is 0 Å². The predicted octanol–water partition coefficient (Wildman–Crippen LogP) is 6.80. The topological polar surface area (TPSA) is 37.4 Å². The molecule has 0 saturated heterocycles. The molecule has 1 saturated carbocycles. The average molecular weight is 476 g/mol. The van der Waals surface area contributed by atoms with E-state index in [1.54, 1.807) is 4.90 Å². The van der Waals surface area contributed by atoms with Crippen LogP contribution in [0.1, 0.15) is 72.4 Å². The van der Waals surface area contributed by atoms with E-state index in [0.717, 1.165) is 12.1 Å². The third kappa shape index (κ3) is 4.48. The number of carbonyl (C=O) groups is 2. The molecule has 0 radical (unpaired) electrons. The molecule has 0 bridgehead atoms. The first-order valence-corrected chi connectivity index (χ1v) is 12.0. The summed E-state index contributed by atoms with van der Waals surface area (Å²) in [4.78, 5) is 28.9. The van der Waals surface area contributed by atoms with Crippen molar-refractivity contribution >= 4 is 11.7 Å². The molecule has 186 valence electrons. The summed E-state index contributed by atoms with van der Waals surface area (Å²) in [7, 11) is 0. The molecule has 34 heavy (non-hydrogen) atoms. The van der Waals surface area contributed by atoms with Gasteiger partial charge in [-0.3, -0.25) is 9.59 Å². The molecule has 0 aromatic heterocycles. The first-order chi connectivity index (χ1) is 15.5. The highest BCUT2D eigenvalue weighted by Crippen LogP contribution is 2.70. The van der Waals surface area contributed by atoms with Crippen LogP contribution in [0.5, 0.6) is 0 Å². The fourth-order valence-corrected chi connectivity index (χ4v) is 5.17. The van der Waals surface area contributed by atoms with Gasteiger partial charge < -0.3 is 4.90 Å². The Balaban J connectivity index is 2.23. The second-order valence-electron chi connectivity index (χ2n) is 11.5. The van der Waals surface area contributed by atoms with Crippen molar-refractivity contribution in [2.75, 3.05) is 13.1 Å². The summed E-state index contributed by atoms with van der Waals surface area (Å²) in [5, 5.41) is 0. The molecule has 6 heteroatoms. The zero-order chi connectivity index (χ0) is 25.9.